The summed E-state index contributed by atoms with van der Waals surface area (Å²) < 4.78 is 0. The molecule has 0 radical (unpaired) electrons. The van der Waals surface area contributed by atoms with E-state index in [1.807, 2.05) is 0 Å². The van der Waals surface area contributed by atoms with E-state index in [4.69, 9.17) is 0 Å². The van der Waals surface area contributed by atoms with Gasteiger partial charge in [0.2, 0.25) is 0 Å². The van der Waals surface area contributed by atoms with Gasteiger partial charge in [0.25, 0.3) is 0 Å². The fourth-order valence-electron chi connectivity index (χ4n) is 2.16. The van der Waals surface area contributed by atoms with Gasteiger partial charge in [0.15, 0.2) is 0 Å². The van der Waals surface area contributed by atoms with Crippen LogP contribution in [0.15, 0.2) is 30.3 Å². The summed E-state index contributed by atoms with van der Waals surface area (Å²) in [4.78, 5) is 0. The molecular weight excluding hydrogens is 282 g/mol. The molecule has 0 saturated carbocycles. The molecule has 15 heavy (non-hydrogen) atoms. The van der Waals surface area contributed by atoms with Gasteiger partial charge in [-0.3, -0.25) is 0 Å². The van der Waals surface area contributed by atoms with Crippen molar-refractivity contribution in [3.05, 3.63) is 30.3 Å². The Bertz CT molecular complexity index is 372. The van der Waals surface area contributed by atoms with Crippen molar-refractivity contribution in [1.29, 1.82) is 0 Å². The van der Waals surface area contributed by atoms with Crippen molar-refractivity contribution >= 4 is 34.0 Å². The van der Waals surface area contributed by atoms with Gasteiger partial charge in [0.1, 0.15) is 0 Å². The van der Waals surface area contributed by atoms with E-state index in [-0.39, 0.29) is 0 Å². The van der Waals surface area contributed by atoms with E-state index in [1.54, 1.807) is 5.30 Å². The van der Waals surface area contributed by atoms with Crippen LogP contribution in [0.4, 0.5) is 0 Å². The fraction of sp³-hybridized carbons (Fsp3) is 0.500. The van der Waals surface area contributed by atoms with Gasteiger partial charge in [0, 0.05) is 0 Å². The summed E-state index contributed by atoms with van der Waals surface area (Å²) in [6.45, 7) is 5.09. The van der Waals surface area contributed by atoms with Crippen molar-refractivity contribution in [1.82, 2.24) is 0 Å². The Hall–Kier alpha value is 0.386. The SMILES string of the molecule is C[Si]1(C)CCP(=[Se])(c2ccccc2)CC1. The molecule has 0 bridgehead atoms. The Morgan fingerprint density at radius 1 is 1.07 bits per heavy atom. The summed E-state index contributed by atoms with van der Waals surface area (Å²) >= 11 is 3.58. The van der Waals surface area contributed by atoms with Crippen LogP contribution in [-0.4, -0.2) is 35.5 Å². The van der Waals surface area contributed by atoms with E-state index >= 15 is 0 Å². The van der Waals surface area contributed by atoms with Gasteiger partial charge in [-0.1, -0.05) is 0 Å². The summed E-state index contributed by atoms with van der Waals surface area (Å²) in [5.74, 6) is 0. The minimum atomic E-state index is -0.886. The van der Waals surface area contributed by atoms with Gasteiger partial charge in [-0.05, 0) is 0 Å². The van der Waals surface area contributed by atoms with E-state index < -0.39 is 13.6 Å². The Kier molecular flexibility index (Phi) is 3.43. The summed E-state index contributed by atoms with van der Waals surface area (Å²) in [6.07, 6.45) is 2.91. The van der Waals surface area contributed by atoms with Crippen LogP contribution in [0.1, 0.15) is 0 Å². The van der Waals surface area contributed by atoms with Crippen LogP contribution in [0.25, 0.3) is 0 Å². The van der Waals surface area contributed by atoms with Crippen molar-refractivity contribution in [2.75, 3.05) is 12.3 Å². The van der Waals surface area contributed by atoms with Crippen LogP contribution in [0.5, 0.6) is 0 Å². The van der Waals surface area contributed by atoms with Crippen molar-refractivity contribution < 1.29 is 0 Å². The van der Waals surface area contributed by atoms with Crippen LogP contribution in [-0.2, 0) is 0 Å². The van der Waals surface area contributed by atoms with Gasteiger partial charge in [-0.15, -0.1) is 0 Å². The molecule has 0 N–H and O–H groups in total. The molecule has 0 aromatic heterocycles. The molecule has 0 unspecified atom stereocenters. The number of hydrogen-bond donors (Lipinski definition) is 0. The van der Waals surface area contributed by atoms with Crippen LogP contribution < -0.4 is 5.30 Å². The summed E-state index contributed by atoms with van der Waals surface area (Å²) in [6, 6.07) is 14.2. The molecule has 1 aliphatic rings. The predicted molar refractivity (Wildman–Crippen MR) is 75.6 cm³/mol. The van der Waals surface area contributed by atoms with Crippen LogP contribution in [0.2, 0.25) is 25.2 Å². The molecule has 0 amide bonds. The minimum absolute atomic E-state index is 0.804. The topological polar surface area (TPSA) is 0 Å². The van der Waals surface area contributed by atoms with Crippen molar-refractivity contribution in [2.24, 2.45) is 0 Å². The Balaban J connectivity index is 2.21. The first kappa shape index (κ1) is 11.9. The first-order chi connectivity index (χ1) is 7.02. The average molecular weight is 301 g/mol. The van der Waals surface area contributed by atoms with E-state index in [1.165, 1.54) is 24.4 Å². The third-order valence-corrected chi connectivity index (χ3v) is 14.3. The first-order valence-electron chi connectivity index (χ1n) is 5.66. The molecule has 0 atom stereocenters. The van der Waals surface area contributed by atoms with Gasteiger partial charge in [0.05, 0.1) is 0 Å². The standard InChI is InChI=1S/C12H19PSeSi/c1-15(2)10-8-13(14,9-11-15)12-6-4-3-5-7-12/h3-7H,8-11H2,1-2H3. The quantitative estimate of drug-likeness (QED) is 0.552. The zero-order valence-electron chi connectivity index (χ0n) is 9.57. The molecular formula is C12H19PSeSi. The number of hydrogen-bond acceptors (Lipinski definition) is 0. The van der Waals surface area contributed by atoms with E-state index in [9.17, 15) is 0 Å². The fourth-order valence-corrected chi connectivity index (χ4v) is 15.8. The second-order valence-electron chi connectivity index (χ2n) is 5.34. The van der Waals surface area contributed by atoms with Gasteiger partial charge < -0.3 is 0 Å². The third kappa shape index (κ3) is 2.74. The summed E-state index contributed by atoms with van der Waals surface area (Å²) in [5, 5.41) is 1.61. The molecule has 0 aliphatic carbocycles. The van der Waals surface area contributed by atoms with Crippen molar-refractivity contribution in [3.8, 4) is 0 Å². The molecule has 3 heteroatoms. The van der Waals surface area contributed by atoms with Gasteiger partial charge in [-0.25, -0.2) is 0 Å². The Labute approximate surface area is 102 Å². The van der Waals surface area contributed by atoms with Gasteiger partial charge in [-0.2, -0.15) is 0 Å². The summed E-state index contributed by atoms with van der Waals surface area (Å²) in [5.41, 5.74) is -0.886. The van der Waals surface area contributed by atoms with Gasteiger partial charge >= 0.3 is 102 Å². The molecule has 1 aromatic carbocycles. The average Bonchev–Trinajstić information content (AvgIpc) is 2.24. The molecule has 2 rings (SSSR count). The second-order valence-corrected chi connectivity index (χ2v) is 18.3. The summed E-state index contributed by atoms with van der Waals surface area (Å²) in [7, 11) is -0.804. The molecule has 0 spiro atoms. The van der Waals surface area contributed by atoms with Crippen LogP contribution in [0.3, 0.4) is 0 Å². The number of rotatable bonds is 1. The monoisotopic (exact) mass is 302 g/mol. The second kappa shape index (κ2) is 4.33. The maximum atomic E-state index is 3.58. The van der Waals surface area contributed by atoms with Crippen molar-refractivity contribution in [2.45, 2.75) is 25.2 Å². The normalized spacial score (nSPS) is 23.6. The van der Waals surface area contributed by atoms with Crippen molar-refractivity contribution in [3.63, 3.8) is 0 Å². The first-order valence-corrected chi connectivity index (χ1v) is 13.4. The molecule has 0 nitrogen and oxygen atoms in total. The predicted octanol–water partition coefficient (Wildman–Crippen LogP) is 3.14. The third-order valence-electron chi connectivity index (χ3n) is 3.53. The van der Waals surface area contributed by atoms with Crippen LogP contribution >= 0.6 is 5.51 Å². The molecule has 1 fully saturated rings. The maximum absolute atomic E-state index is 3.58. The molecule has 82 valence electrons. The molecule has 1 aliphatic heterocycles. The van der Waals surface area contributed by atoms with Crippen LogP contribution in [0, 0.1) is 0 Å². The van der Waals surface area contributed by atoms with E-state index in [0.29, 0.717) is 0 Å². The molecule has 1 saturated heterocycles. The Morgan fingerprint density at radius 2 is 1.60 bits per heavy atom. The molecule has 1 aromatic rings. The zero-order valence-corrected chi connectivity index (χ0v) is 13.2. The number of benzene rings is 1. The van der Waals surface area contributed by atoms with E-state index in [0.717, 1.165) is 0 Å². The zero-order chi connectivity index (χ0) is 10.9. The van der Waals surface area contributed by atoms with E-state index in [2.05, 4.69) is 58.5 Å². The Morgan fingerprint density at radius 3 is 2.13 bits per heavy atom. The molecule has 1 heterocycles.